The molecule has 1 rings (SSSR count). The summed E-state index contributed by atoms with van der Waals surface area (Å²) in [6.45, 7) is 7.82. The fraction of sp³-hybridized carbons (Fsp3) is 0.750. The lowest BCUT2D eigenvalue weighted by atomic mass is 10.3. The molecule has 0 bridgehead atoms. The van der Waals surface area contributed by atoms with Gasteiger partial charge in [0.15, 0.2) is 0 Å². The van der Waals surface area contributed by atoms with Crippen LogP contribution in [-0.4, -0.2) is 46.0 Å². The van der Waals surface area contributed by atoms with Gasteiger partial charge in [0.05, 0.1) is 23.1 Å². The van der Waals surface area contributed by atoms with Crippen LogP contribution in [-0.2, 0) is 0 Å². The third-order valence-corrected chi connectivity index (χ3v) is 2.90. The molecule has 2 nitrogen and oxygen atoms in total. The van der Waals surface area contributed by atoms with Crippen LogP contribution in [0.25, 0.3) is 0 Å². The highest BCUT2D eigenvalue weighted by atomic mass is 32.1. The summed E-state index contributed by atoms with van der Waals surface area (Å²) in [5, 5.41) is 0. The van der Waals surface area contributed by atoms with Crippen molar-refractivity contribution in [2.75, 3.05) is 26.2 Å². The molecule has 0 aliphatic carbocycles. The Morgan fingerprint density at radius 2 is 1.33 bits per heavy atom. The number of likely N-dealkylation sites (N-methyl/N-ethyl adjacent to an activating group) is 2. The number of nitrogens with zero attached hydrogens (tertiary/aromatic N) is 2. The van der Waals surface area contributed by atoms with Gasteiger partial charge in [-0.15, -0.1) is 0 Å². The first-order chi connectivity index (χ1) is 5.69. The molecule has 0 aromatic carbocycles. The summed E-state index contributed by atoms with van der Waals surface area (Å²) >= 11 is 10.5. The maximum atomic E-state index is 5.25. The average Bonchev–Trinajstić information content (AvgIpc) is 2.08. The van der Waals surface area contributed by atoms with E-state index < -0.39 is 0 Å². The Labute approximate surface area is 84.5 Å². The van der Waals surface area contributed by atoms with Gasteiger partial charge in [0, 0.05) is 13.1 Å². The Morgan fingerprint density at radius 3 is 1.58 bits per heavy atom. The van der Waals surface area contributed by atoms with Crippen LogP contribution in [0.1, 0.15) is 13.8 Å². The molecule has 1 heterocycles. The van der Waals surface area contributed by atoms with Crippen LogP contribution in [0.2, 0.25) is 0 Å². The summed E-state index contributed by atoms with van der Waals surface area (Å²) in [6, 6.07) is 0. The molecule has 68 valence electrons. The lowest BCUT2D eigenvalue weighted by Gasteiger charge is -2.36. The topological polar surface area (TPSA) is 6.48 Å². The van der Waals surface area contributed by atoms with E-state index >= 15 is 0 Å². The van der Waals surface area contributed by atoms with Crippen LogP contribution in [0.5, 0.6) is 0 Å². The van der Waals surface area contributed by atoms with Crippen molar-refractivity contribution in [1.82, 2.24) is 9.80 Å². The first kappa shape index (κ1) is 9.86. The zero-order valence-corrected chi connectivity index (χ0v) is 9.17. The predicted octanol–water partition coefficient (Wildman–Crippen LogP) is 1.30. The minimum atomic E-state index is 0.832. The summed E-state index contributed by atoms with van der Waals surface area (Å²) in [5.74, 6) is 0. The summed E-state index contributed by atoms with van der Waals surface area (Å²) in [4.78, 5) is 6.36. The molecule has 0 unspecified atom stereocenters. The van der Waals surface area contributed by atoms with E-state index in [9.17, 15) is 0 Å². The second kappa shape index (κ2) is 4.14. The van der Waals surface area contributed by atoms with Crippen molar-refractivity contribution in [2.24, 2.45) is 0 Å². The van der Waals surface area contributed by atoms with E-state index in [0.29, 0.717) is 0 Å². The van der Waals surface area contributed by atoms with E-state index in [4.69, 9.17) is 24.4 Å². The molecule has 0 spiro atoms. The van der Waals surface area contributed by atoms with Crippen molar-refractivity contribution in [3.63, 3.8) is 0 Å². The molecule has 0 aromatic heterocycles. The van der Waals surface area contributed by atoms with Gasteiger partial charge >= 0.3 is 0 Å². The van der Waals surface area contributed by atoms with E-state index in [1.807, 2.05) is 0 Å². The molecule has 0 radical (unpaired) electrons. The minimum Gasteiger partial charge on any atom is -0.358 e. The lowest BCUT2D eigenvalue weighted by molar-refractivity contribution is 0.394. The lowest BCUT2D eigenvalue weighted by Crippen LogP contribution is -2.51. The summed E-state index contributed by atoms with van der Waals surface area (Å²) < 4.78 is 0. The van der Waals surface area contributed by atoms with E-state index in [2.05, 4.69) is 23.6 Å². The van der Waals surface area contributed by atoms with Crippen molar-refractivity contribution in [3.05, 3.63) is 0 Å². The molecule has 1 aliphatic rings. The van der Waals surface area contributed by atoms with Gasteiger partial charge in [0.1, 0.15) is 0 Å². The molecule has 0 saturated carbocycles. The number of hydrogen-bond acceptors (Lipinski definition) is 2. The molecule has 0 atom stereocenters. The highest BCUT2D eigenvalue weighted by Crippen LogP contribution is 2.06. The van der Waals surface area contributed by atoms with Crippen molar-refractivity contribution in [1.29, 1.82) is 0 Å². The number of hydrogen-bond donors (Lipinski definition) is 0. The summed E-state index contributed by atoms with van der Waals surface area (Å²) in [7, 11) is 0. The van der Waals surface area contributed by atoms with Gasteiger partial charge in [-0.25, -0.2) is 0 Å². The molecule has 1 saturated heterocycles. The Morgan fingerprint density at radius 1 is 1.00 bits per heavy atom. The molecular formula is C8H14N2S2. The van der Waals surface area contributed by atoms with E-state index in [0.717, 1.165) is 36.2 Å². The van der Waals surface area contributed by atoms with Crippen LogP contribution < -0.4 is 0 Å². The van der Waals surface area contributed by atoms with Crippen LogP contribution in [0.3, 0.4) is 0 Å². The number of rotatable bonds is 2. The standard InChI is InChI=1S/C8H14N2S2/c1-3-9-5-8(12)10(4-2)6-7(9)11/h3-6H2,1-2H3. The van der Waals surface area contributed by atoms with Crippen molar-refractivity contribution in [2.45, 2.75) is 13.8 Å². The summed E-state index contributed by atoms with van der Waals surface area (Å²) in [6.07, 6.45) is 0. The second-order valence-electron chi connectivity index (χ2n) is 2.82. The molecule has 4 heteroatoms. The van der Waals surface area contributed by atoms with Gasteiger partial charge in [-0.2, -0.15) is 0 Å². The maximum Gasteiger partial charge on any atom is 0.0979 e. The molecule has 1 fully saturated rings. The van der Waals surface area contributed by atoms with Gasteiger partial charge in [-0.3, -0.25) is 0 Å². The van der Waals surface area contributed by atoms with Gasteiger partial charge in [-0.05, 0) is 13.8 Å². The van der Waals surface area contributed by atoms with E-state index in [1.165, 1.54) is 0 Å². The van der Waals surface area contributed by atoms with Crippen molar-refractivity contribution < 1.29 is 0 Å². The van der Waals surface area contributed by atoms with Gasteiger partial charge in [0.25, 0.3) is 0 Å². The van der Waals surface area contributed by atoms with Crippen LogP contribution in [0.4, 0.5) is 0 Å². The summed E-state index contributed by atoms with van der Waals surface area (Å²) in [5.41, 5.74) is 0. The molecule has 0 N–H and O–H groups in total. The minimum absolute atomic E-state index is 0.832. The second-order valence-corrected chi connectivity index (χ2v) is 3.76. The zero-order chi connectivity index (χ0) is 9.14. The Hall–Kier alpha value is -0.220. The van der Waals surface area contributed by atoms with Crippen LogP contribution >= 0.6 is 24.4 Å². The third kappa shape index (κ3) is 1.93. The van der Waals surface area contributed by atoms with Crippen molar-refractivity contribution >= 4 is 34.4 Å². The van der Waals surface area contributed by atoms with Crippen molar-refractivity contribution in [3.8, 4) is 0 Å². The zero-order valence-electron chi connectivity index (χ0n) is 7.54. The first-order valence-electron chi connectivity index (χ1n) is 4.24. The van der Waals surface area contributed by atoms with E-state index in [-0.39, 0.29) is 0 Å². The third-order valence-electron chi connectivity index (χ3n) is 2.12. The van der Waals surface area contributed by atoms with Gasteiger partial charge in [0.2, 0.25) is 0 Å². The Balaban J connectivity index is 2.61. The smallest absolute Gasteiger partial charge is 0.0979 e. The van der Waals surface area contributed by atoms with Crippen LogP contribution in [0.15, 0.2) is 0 Å². The maximum absolute atomic E-state index is 5.25. The fourth-order valence-electron chi connectivity index (χ4n) is 1.28. The normalized spacial score (nSPS) is 18.8. The molecule has 0 aromatic rings. The number of thiocarbonyl (C=S) groups is 2. The quantitative estimate of drug-likeness (QED) is 0.622. The highest BCUT2D eigenvalue weighted by molar-refractivity contribution is 7.81. The first-order valence-corrected chi connectivity index (χ1v) is 5.06. The SMILES string of the molecule is CCN1CC(=S)N(CC)CC1=S. The van der Waals surface area contributed by atoms with Crippen LogP contribution in [0, 0.1) is 0 Å². The average molecular weight is 202 g/mol. The largest absolute Gasteiger partial charge is 0.358 e. The fourth-order valence-corrected chi connectivity index (χ4v) is 1.98. The highest BCUT2D eigenvalue weighted by Gasteiger charge is 2.21. The molecule has 0 amide bonds. The van der Waals surface area contributed by atoms with Gasteiger partial charge < -0.3 is 9.80 Å². The molecular weight excluding hydrogens is 188 g/mol. The molecule has 1 aliphatic heterocycles. The predicted molar refractivity (Wildman–Crippen MR) is 59.7 cm³/mol. The Kier molecular flexibility index (Phi) is 3.40. The number of piperazine rings is 1. The van der Waals surface area contributed by atoms with E-state index in [1.54, 1.807) is 0 Å². The molecule has 12 heavy (non-hydrogen) atoms. The van der Waals surface area contributed by atoms with Gasteiger partial charge in [-0.1, -0.05) is 24.4 Å². The Bertz CT molecular complexity index is 181. The monoisotopic (exact) mass is 202 g/mol.